The summed E-state index contributed by atoms with van der Waals surface area (Å²) in [6.45, 7) is 4.59. The average Bonchev–Trinajstić information content (AvgIpc) is 2.84. The Morgan fingerprint density at radius 3 is 1.94 bits per heavy atom. The highest BCUT2D eigenvalue weighted by molar-refractivity contribution is 5.26. The molecule has 0 aromatic heterocycles. The minimum absolute atomic E-state index is 0.844. The van der Waals surface area contributed by atoms with E-state index in [9.17, 15) is 0 Å². The van der Waals surface area contributed by atoms with Crippen LogP contribution < -0.4 is 0 Å². The van der Waals surface area contributed by atoms with Gasteiger partial charge in [-0.25, -0.2) is 0 Å². The third kappa shape index (κ3) is 6.39. The molecule has 0 radical (unpaired) electrons. The standard InChI is InChI=1S/C31H50/c1-3-5-6-7-8-9-25-12-16-27(17-13-25)29-19-21-30-22-28(18-20-31(30)23-29)26-14-10-24(4-2)11-15-26/h10-11,14-15,25,27-31H,3-9,12-13,16-23H2,1-2H3. The van der Waals surface area contributed by atoms with E-state index < -0.39 is 0 Å². The molecule has 0 amide bonds. The van der Waals surface area contributed by atoms with Gasteiger partial charge in [-0.1, -0.05) is 89.5 Å². The van der Waals surface area contributed by atoms with Crippen LogP contribution in [0.15, 0.2) is 24.3 Å². The van der Waals surface area contributed by atoms with Crippen LogP contribution in [0.4, 0.5) is 0 Å². The molecule has 0 heteroatoms. The van der Waals surface area contributed by atoms with Gasteiger partial charge in [0.05, 0.1) is 0 Å². The van der Waals surface area contributed by atoms with Gasteiger partial charge in [0.25, 0.3) is 0 Å². The first-order valence-electron chi connectivity index (χ1n) is 14.4. The molecular weight excluding hydrogens is 372 g/mol. The summed E-state index contributed by atoms with van der Waals surface area (Å²) in [6, 6.07) is 9.63. The second-order valence-electron chi connectivity index (χ2n) is 11.7. The van der Waals surface area contributed by atoms with Crippen LogP contribution in [-0.2, 0) is 6.42 Å². The first-order chi connectivity index (χ1) is 15.3. The van der Waals surface area contributed by atoms with Gasteiger partial charge in [-0.2, -0.15) is 0 Å². The molecule has 4 unspecified atom stereocenters. The second kappa shape index (κ2) is 11.9. The zero-order chi connectivity index (χ0) is 21.5. The number of hydrogen-bond donors (Lipinski definition) is 0. The van der Waals surface area contributed by atoms with Gasteiger partial charge in [0.2, 0.25) is 0 Å². The molecule has 4 rings (SSSR count). The number of unbranched alkanes of at least 4 members (excludes halogenated alkanes) is 4. The Morgan fingerprint density at radius 1 is 0.613 bits per heavy atom. The SMILES string of the molecule is CCCCCCCC1CCC(C2CCC3CC(c4ccc(CC)cc4)CCC3C2)CC1. The summed E-state index contributed by atoms with van der Waals surface area (Å²) in [5.74, 6) is 6.16. The molecule has 4 atom stereocenters. The van der Waals surface area contributed by atoms with E-state index in [1.54, 1.807) is 44.1 Å². The monoisotopic (exact) mass is 422 g/mol. The molecule has 0 N–H and O–H groups in total. The zero-order valence-electron chi connectivity index (χ0n) is 20.8. The molecule has 0 heterocycles. The van der Waals surface area contributed by atoms with E-state index >= 15 is 0 Å². The fourth-order valence-corrected chi connectivity index (χ4v) is 7.67. The second-order valence-corrected chi connectivity index (χ2v) is 11.7. The van der Waals surface area contributed by atoms with E-state index in [4.69, 9.17) is 0 Å². The molecule has 1 aromatic carbocycles. The summed E-state index contributed by atoms with van der Waals surface area (Å²) in [4.78, 5) is 0. The fourth-order valence-electron chi connectivity index (χ4n) is 7.67. The molecule has 3 fully saturated rings. The fraction of sp³-hybridized carbons (Fsp3) is 0.806. The topological polar surface area (TPSA) is 0 Å². The maximum Gasteiger partial charge on any atom is -0.0159 e. The molecule has 0 spiro atoms. The van der Waals surface area contributed by atoms with Crippen molar-refractivity contribution in [2.75, 3.05) is 0 Å². The van der Waals surface area contributed by atoms with Crippen LogP contribution in [0.5, 0.6) is 0 Å². The molecule has 31 heavy (non-hydrogen) atoms. The van der Waals surface area contributed by atoms with Crippen molar-refractivity contribution in [1.82, 2.24) is 0 Å². The van der Waals surface area contributed by atoms with Gasteiger partial charge in [0.15, 0.2) is 0 Å². The highest BCUT2D eigenvalue weighted by Crippen LogP contribution is 2.51. The van der Waals surface area contributed by atoms with Crippen LogP contribution in [0.2, 0.25) is 0 Å². The minimum atomic E-state index is 0.844. The molecule has 0 saturated heterocycles. The van der Waals surface area contributed by atoms with E-state index in [0.717, 1.165) is 41.9 Å². The predicted octanol–water partition coefficient (Wildman–Crippen LogP) is 9.72. The lowest BCUT2D eigenvalue weighted by molar-refractivity contribution is 0.0710. The van der Waals surface area contributed by atoms with Gasteiger partial charge in [0.1, 0.15) is 0 Å². The van der Waals surface area contributed by atoms with Crippen molar-refractivity contribution in [1.29, 1.82) is 0 Å². The van der Waals surface area contributed by atoms with Crippen LogP contribution in [0.1, 0.15) is 134 Å². The molecule has 0 nitrogen and oxygen atoms in total. The van der Waals surface area contributed by atoms with Crippen molar-refractivity contribution in [3.63, 3.8) is 0 Å². The lowest BCUT2D eigenvalue weighted by Gasteiger charge is -2.45. The number of fused-ring (bicyclic) bond motifs is 1. The smallest absolute Gasteiger partial charge is 0.0159 e. The number of aryl methyl sites for hydroxylation is 1. The third-order valence-electron chi connectivity index (χ3n) is 9.79. The van der Waals surface area contributed by atoms with Gasteiger partial charge < -0.3 is 0 Å². The Hall–Kier alpha value is -0.780. The molecule has 1 aromatic rings. The summed E-state index contributed by atoms with van der Waals surface area (Å²) in [7, 11) is 0. The van der Waals surface area contributed by atoms with Crippen molar-refractivity contribution in [2.45, 2.75) is 129 Å². The van der Waals surface area contributed by atoms with Crippen molar-refractivity contribution in [3.8, 4) is 0 Å². The Balaban J connectivity index is 1.18. The Morgan fingerprint density at radius 2 is 1.23 bits per heavy atom. The van der Waals surface area contributed by atoms with Gasteiger partial charge in [0, 0.05) is 0 Å². The van der Waals surface area contributed by atoms with Gasteiger partial charge in [-0.3, -0.25) is 0 Å². The average molecular weight is 423 g/mol. The minimum Gasteiger partial charge on any atom is -0.0654 e. The molecule has 3 saturated carbocycles. The molecule has 3 aliphatic rings. The summed E-state index contributed by atoms with van der Waals surface area (Å²) in [6.07, 6.45) is 25.3. The van der Waals surface area contributed by atoms with Gasteiger partial charge in [-0.15, -0.1) is 0 Å². The van der Waals surface area contributed by atoms with Crippen LogP contribution >= 0.6 is 0 Å². The molecule has 0 aliphatic heterocycles. The summed E-state index contributed by atoms with van der Waals surface area (Å²) >= 11 is 0. The normalized spacial score (nSPS) is 33.7. The van der Waals surface area contributed by atoms with Crippen LogP contribution in [0, 0.1) is 29.6 Å². The first-order valence-corrected chi connectivity index (χ1v) is 14.4. The zero-order valence-corrected chi connectivity index (χ0v) is 20.8. The van der Waals surface area contributed by atoms with Crippen LogP contribution in [0.3, 0.4) is 0 Å². The molecule has 174 valence electrons. The van der Waals surface area contributed by atoms with Crippen LogP contribution in [-0.4, -0.2) is 0 Å². The van der Waals surface area contributed by atoms with E-state index in [0.29, 0.717) is 0 Å². The van der Waals surface area contributed by atoms with Crippen molar-refractivity contribution >= 4 is 0 Å². The number of benzene rings is 1. The maximum absolute atomic E-state index is 2.44. The van der Waals surface area contributed by atoms with Gasteiger partial charge in [-0.05, 0) is 104 Å². The van der Waals surface area contributed by atoms with E-state index in [-0.39, 0.29) is 0 Å². The molecular formula is C31H50. The van der Waals surface area contributed by atoms with Crippen LogP contribution in [0.25, 0.3) is 0 Å². The van der Waals surface area contributed by atoms with Gasteiger partial charge >= 0.3 is 0 Å². The Labute approximate surface area is 194 Å². The highest BCUT2D eigenvalue weighted by atomic mass is 14.4. The lowest BCUT2D eigenvalue weighted by Crippen LogP contribution is -2.34. The lowest BCUT2D eigenvalue weighted by atomic mass is 9.60. The molecule has 0 bridgehead atoms. The number of rotatable bonds is 9. The highest BCUT2D eigenvalue weighted by Gasteiger charge is 2.39. The summed E-state index contributed by atoms with van der Waals surface area (Å²) in [5, 5.41) is 0. The largest absolute Gasteiger partial charge is 0.0654 e. The summed E-state index contributed by atoms with van der Waals surface area (Å²) < 4.78 is 0. The van der Waals surface area contributed by atoms with Crippen molar-refractivity contribution < 1.29 is 0 Å². The Bertz CT molecular complexity index is 620. The third-order valence-corrected chi connectivity index (χ3v) is 9.79. The van der Waals surface area contributed by atoms with Crippen molar-refractivity contribution in [3.05, 3.63) is 35.4 Å². The molecule has 3 aliphatic carbocycles. The predicted molar refractivity (Wildman–Crippen MR) is 136 cm³/mol. The maximum atomic E-state index is 2.44. The van der Waals surface area contributed by atoms with E-state index in [2.05, 4.69) is 38.1 Å². The van der Waals surface area contributed by atoms with E-state index in [1.165, 1.54) is 69.8 Å². The summed E-state index contributed by atoms with van der Waals surface area (Å²) in [5.41, 5.74) is 3.12. The van der Waals surface area contributed by atoms with Crippen molar-refractivity contribution in [2.24, 2.45) is 29.6 Å². The van der Waals surface area contributed by atoms with E-state index in [1.807, 2.05) is 0 Å². The Kier molecular flexibility index (Phi) is 8.98. The quantitative estimate of drug-likeness (QED) is 0.347. The first kappa shape index (κ1) is 23.4. The number of hydrogen-bond acceptors (Lipinski definition) is 0.